The van der Waals surface area contributed by atoms with E-state index in [4.69, 9.17) is 14.2 Å². The number of hydrogen-bond acceptors (Lipinski definition) is 6. The molecule has 0 aromatic heterocycles. The molecule has 2 rings (SSSR count). The number of unbranched alkanes of at least 4 members (excludes halogenated alkanes) is 1. The van der Waals surface area contributed by atoms with Gasteiger partial charge >= 0.3 is 5.97 Å². The number of non-ortho nitro benzene ring substituents is 1. The van der Waals surface area contributed by atoms with Crippen LogP contribution in [-0.2, 0) is 16.0 Å². The minimum atomic E-state index is -1.14. The molecule has 0 spiro atoms. The van der Waals surface area contributed by atoms with E-state index >= 15 is 0 Å². The third-order valence-electron chi connectivity index (χ3n) is 4.33. The number of ether oxygens (including phenoxy) is 3. The lowest BCUT2D eigenvalue weighted by molar-refractivity contribution is -0.384. The zero-order valence-electron chi connectivity index (χ0n) is 17.7. The van der Waals surface area contributed by atoms with E-state index in [1.54, 1.807) is 37.3 Å². The molecule has 0 bridgehead atoms. The van der Waals surface area contributed by atoms with Crippen LogP contribution in [0.1, 0.15) is 37.8 Å². The summed E-state index contributed by atoms with van der Waals surface area (Å²) in [6.07, 6.45) is 3.87. The predicted octanol–water partition coefficient (Wildman–Crippen LogP) is 4.86. The van der Waals surface area contributed by atoms with Crippen LogP contribution in [0, 0.1) is 10.1 Å². The summed E-state index contributed by atoms with van der Waals surface area (Å²) >= 11 is 0. The van der Waals surface area contributed by atoms with E-state index in [2.05, 4.69) is 6.92 Å². The van der Waals surface area contributed by atoms with Crippen molar-refractivity contribution < 1.29 is 29.0 Å². The van der Waals surface area contributed by atoms with Gasteiger partial charge in [-0.25, -0.2) is 4.79 Å². The smallest absolute Gasteiger partial charge is 0.371 e. The van der Waals surface area contributed by atoms with Gasteiger partial charge in [0.15, 0.2) is 11.5 Å². The molecule has 0 heterocycles. The van der Waals surface area contributed by atoms with Crippen molar-refractivity contribution in [3.05, 3.63) is 69.5 Å². The molecule has 0 aliphatic rings. The van der Waals surface area contributed by atoms with Gasteiger partial charge in [0.1, 0.15) is 0 Å². The molecule has 0 saturated carbocycles. The normalized spacial score (nSPS) is 11.1. The molecule has 0 aliphatic heterocycles. The van der Waals surface area contributed by atoms with Crippen molar-refractivity contribution in [1.82, 2.24) is 0 Å². The highest BCUT2D eigenvalue weighted by Crippen LogP contribution is 2.30. The summed E-state index contributed by atoms with van der Waals surface area (Å²) in [5, 5.41) is 20.0. The zero-order chi connectivity index (χ0) is 22.6. The van der Waals surface area contributed by atoms with Gasteiger partial charge in [0.25, 0.3) is 5.69 Å². The quantitative estimate of drug-likeness (QED) is 0.159. The highest BCUT2D eigenvalue weighted by atomic mass is 16.6. The molecule has 0 unspecified atom stereocenters. The Morgan fingerprint density at radius 2 is 1.77 bits per heavy atom. The first-order valence-corrected chi connectivity index (χ1v) is 10.1. The van der Waals surface area contributed by atoms with Crippen molar-refractivity contribution >= 4 is 17.7 Å². The minimum Gasteiger partial charge on any atom is -0.490 e. The van der Waals surface area contributed by atoms with Gasteiger partial charge in [-0.05, 0) is 42.7 Å². The lowest BCUT2D eigenvalue weighted by atomic mass is 10.1. The van der Waals surface area contributed by atoms with Gasteiger partial charge < -0.3 is 19.3 Å². The summed E-state index contributed by atoms with van der Waals surface area (Å²) in [6.45, 7) is 4.90. The van der Waals surface area contributed by atoms with E-state index in [1.807, 2.05) is 0 Å². The standard InChI is InChI=1S/C23H27NO7/c1-3-5-13-30-21-15-18(16-22(23(25)26)29-4-2)8-11-20(21)31-14-12-17-6-9-19(10-7-17)24(27)28/h6-11,15-16H,3-5,12-14H2,1-2H3,(H,25,26)/b22-16+. The molecular weight excluding hydrogens is 402 g/mol. The average Bonchev–Trinajstić information content (AvgIpc) is 2.75. The Kier molecular flexibility index (Phi) is 9.35. The predicted molar refractivity (Wildman–Crippen MR) is 116 cm³/mol. The van der Waals surface area contributed by atoms with E-state index in [0.29, 0.717) is 36.7 Å². The number of hydrogen-bond donors (Lipinski definition) is 1. The van der Waals surface area contributed by atoms with Crippen LogP contribution in [0.4, 0.5) is 5.69 Å². The van der Waals surface area contributed by atoms with Crippen LogP contribution in [0.15, 0.2) is 48.2 Å². The van der Waals surface area contributed by atoms with Crippen LogP contribution in [0.5, 0.6) is 11.5 Å². The first-order valence-electron chi connectivity index (χ1n) is 10.1. The third kappa shape index (κ3) is 7.65. The Morgan fingerprint density at radius 3 is 2.39 bits per heavy atom. The Labute approximate surface area is 181 Å². The largest absolute Gasteiger partial charge is 0.490 e. The van der Waals surface area contributed by atoms with E-state index < -0.39 is 10.9 Å². The molecule has 0 radical (unpaired) electrons. The summed E-state index contributed by atoms with van der Waals surface area (Å²) in [7, 11) is 0. The van der Waals surface area contributed by atoms with Crippen LogP contribution in [0.2, 0.25) is 0 Å². The number of nitro groups is 1. The molecule has 2 aromatic carbocycles. The van der Waals surface area contributed by atoms with Crippen molar-refractivity contribution in [3.63, 3.8) is 0 Å². The highest BCUT2D eigenvalue weighted by Gasteiger charge is 2.11. The fourth-order valence-electron chi connectivity index (χ4n) is 2.71. The van der Waals surface area contributed by atoms with Crippen molar-refractivity contribution in [1.29, 1.82) is 0 Å². The average molecular weight is 429 g/mol. The SMILES string of the molecule is CCCCOc1cc(/C=C(/OCC)C(=O)O)ccc1OCCc1ccc([N+](=O)[O-])cc1. The third-order valence-corrected chi connectivity index (χ3v) is 4.33. The molecular formula is C23H27NO7. The summed E-state index contributed by atoms with van der Waals surface area (Å²) < 4.78 is 16.9. The van der Waals surface area contributed by atoms with Gasteiger partial charge in [-0.1, -0.05) is 31.5 Å². The maximum Gasteiger partial charge on any atom is 0.371 e. The fraction of sp³-hybridized carbons (Fsp3) is 0.348. The van der Waals surface area contributed by atoms with Gasteiger partial charge in [0.2, 0.25) is 5.76 Å². The van der Waals surface area contributed by atoms with Gasteiger partial charge in [-0.3, -0.25) is 10.1 Å². The Hall–Kier alpha value is -3.55. The molecule has 1 N–H and O–H groups in total. The number of carboxylic acid groups (broad SMARTS) is 1. The van der Waals surface area contributed by atoms with E-state index in [-0.39, 0.29) is 18.1 Å². The van der Waals surface area contributed by atoms with E-state index in [9.17, 15) is 20.0 Å². The van der Waals surface area contributed by atoms with Crippen LogP contribution in [0.25, 0.3) is 6.08 Å². The van der Waals surface area contributed by atoms with Crippen molar-refractivity contribution in [2.45, 2.75) is 33.1 Å². The summed E-state index contributed by atoms with van der Waals surface area (Å²) in [5.41, 5.74) is 1.59. The number of aliphatic carboxylic acids is 1. The summed E-state index contributed by atoms with van der Waals surface area (Å²) in [5.74, 6) is -0.219. The summed E-state index contributed by atoms with van der Waals surface area (Å²) in [6, 6.07) is 11.5. The molecule has 2 aromatic rings. The minimum absolute atomic E-state index is 0.0488. The first kappa shape index (κ1) is 23.7. The van der Waals surface area contributed by atoms with Gasteiger partial charge in [0.05, 0.1) is 24.7 Å². The molecule has 0 fully saturated rings. The fourth-order valence-corrected chi connectivity index (χ4v) is 2.71. The molecule has 31 heavy (non-hydrogen) atoms. The lowest BCUT2D eigenvalue weighted by Crippen LogP contribution is -2.06. The van der Waals surface area contributed by atoms with Crippen molar-refractivity contribution in [2.75, 3.05) is 19.8 Å². The van der Waals surface area contributed by atoms with Crippen molar-refractivity contribution in [3.8, 4) is 11.5 Å². The van der Waals surface area contributed by atoms with Crippen molar-refractivity contribution in [2.24, 2.45) is 0 Å². The first-order chi connectivity index (χ1) is 14.9. The maximum absolute atomic E-state index is 11.3. The molecule has 0 atom stereocenters. The van der Waals surface area contributed by atoms with Crippen LogP contribution in [-0.4, -0.2) is 35.8 Å². The Bertz CT molecular complexity index is 907. The van der Waals surface area contributed by atoms with E-state index in [1.165, 1.54) is 18.2 Å². The number of nitrogens with zero attached hydrogens (tertiary/aromatic N) is 1. The second kappa shape index (κ2) is 12.2. The molecule has 166 valence electrons. The number of carboxylic acids is 1. The molecule has 8 nitrogen and oxygen atoms in total. The number of nitro benzene ring substituents is 1. The number of carbonyl (C=O) groups is 1. The molecule has 0 saturated heterocycles. The second-order valence-electron chi connectivity index (χ2n) is 6.68. The van der Waals surface area contributed by atoms with E-state index in [0.717, 1.165) is 18.4 Å². The molecule has 8 heteroatoms. The van der Waals surface area contributed by atoms with Gasteiger partial charge in [-0.15, -0.1) is 0 Å². The number of rotatable bonds is 13. The summed E-state index contributed by atoms with van der Waals surface area (Å²) in [4.78, 5) is 21.6. The Morgan fingerprint density at radius 1 is 1.06 bits per heavy atom. The Balaban J connectivity index is 2.12. The topological polar surface area (TPSA) is 108 Å². The monoisotopic (exact) mass is 429 g/mol. The zero-order valence-corrected chi connectivity index (χ0v) is 17.7. The second-order valence-corrected chi connectivity index (χ2v) is 6.68. The maximum atomic E-state index is 11.3. The van der Waals surface area contributed by atoms with Crippen LogP contribution < -0.4 is 9.47 Å². The molecule has 0 amide bonds. The molecule has 0 aliphatic carbocycles. The van der Waals surface area contributed by atoms with Gasteiger partial charge in [-0.2, -0.15) is 0 Å². The van der Waals surface area contributed by atoms with Crippen LogP contribution in [0.3, 0.4) is 0 Å². The lowest BCUT2D eigenvalue weighted by Gasteiger charge is -2.14. The number of benzene rings is 2. The van der Waals surface area contributed by atoms with Gasteiger partial charge in [0, 0.05) is 18.6 Å². The van der Waals surface area contributed by atoms with Crippen LogP contribution >= 0.6 is 0 Å². The highest BCUT2D eigenvalue weighted by molar-refractivity contribution is 5.90.